The van der Waals surface area contributed by atoms with Gasteiger partial charge in [-0.1, -0.05) is 0 Å². The number of carbonyl (C=O) groups excluding carboxylic acids is 1. The minimum absolute atomic E-state index is 0.250. The van der Waals surface area contributed by atoms with Crippen LogP contribution in [0.5, 0.6) is 0 Å². The van der Waals surface area contributed by atoms with Crippen LogP contribution >= 0.6 is 11.3 Å². The summed E-state index contributed by atoms with van der Waals surface area (Å²) >= 11 is 1.70. The number of aromatic nitrogens is 2. The smallest absolute Gasteiger partial charge is 0.204 e. The molecule has 0 aliphatic carbocycles. The van der Waals surface area contributed by atoms with Crippen LogP contribution in [0.25, 0.3) is 10.2 Å². The molecule has 0 saturated carbocycles. The molecule has 2 aromatic heterocycles. The third kappa shape index (κ3) is 2.26. The number of carbonyl (C=O) groups is 1. The molecule has 2 N–H and O–H groups in total. The first kappa shape index (κ1) is 10.6. The maximum atomic E-state index is 8.58. The van der Waals surface area contributed by atoms with Crippen LogP contribution in [0.2, 0.25) is 0 Å². The summed E-state index contributed by atoms with van der Waals surface area (Å²) in [5.41, 5.74) is 6.32. The van der Waals surface area contributed by atoms with E-state index in [1.165, 1.54) is 4.70 Å². The minimum Gasteiger partial charge on any atom is -0.372 e. The molecule has 14 heavy (non-hydrogen) atoms. The van der Waals surface area contributed by atoms with E-state index in [1.807, 2.05) is 25.3 Å². The van der Waals surface area contributed by atoms with E-state index in [0.717, 1.165) is 17.0 Å². The van der Waals surface area contributed by atoms with E-state index in [1.54, 1.807) is 11.3 Å². The summed E-state index contributed by atoms with van der Waals surface area (Å²) in [6.45, 7) is 3.94. The lowest BCUT2D eigenvalue weighted by Gasteiger charge is -1.95. The van der Waals surface area contributed by atoms with Crippen LogP contribution in [0.1, 0.15) is 11.5 Å². The van der Waals surface area contributed by atoms with Gasteiger partial charge >= 0.3 is 0 Å². The summed E-state index contributed by atoms with van der Waals surface area (Å²) in [5.74, 6) is 0.855. The fourth-order valence-corrected chi connectivity index (χ4v) is 1.94. The van der Waals surface area contributed by atoms with E-state index in [9.17, 15) is 0 Å². The molecule has 74 valence electrons. The average Bonchev–Trinajstić information content (AvgIpc) is 2.53. The standard InChI is InChI=1S/C8H8N2S.CH3NO/c1-5-8-7(3-4-11-8)10-6(2)9-5;2-1-3/h3-4H,1-2H3;1H,(H2,2,3). The molecule has 0 atom stereocenters. The zero-order chi connectivity index (χ0) is 10.6. The van der Waals surface area contributed by atoms with Gasteiger partial charge in [0.15, 0.2) is 0 Å². The number of nitrogens with two attached hydrogens (primary N) is 1. The van der Waals surface area contributed by atoms with Crippen molar-refractivity contribution in [3.05, 3.63) is 23.0 Å². The molecule has 1 amide bonds. The summed E-state index contributed by atoms with van der Waals surface area (Å²) in [6.07, 6.45) is 0.250. The molecule has 5 heteroatoms. The Morgan fingerprint density at radius 1 is 1.43 bits per heavy atom. The highest BCUT2D eigenvalue weighted by molar-refractivity contribution is 7.17. The molecule has 2 rings (SSSR count). The molecule has 0 bridgehead atoms. The molecule has 0 saturated heterocycles. The van der Waals surface area contributed by atoms with Crippen molar-refractivity contribution in [2.75, 3.05) is 0 Å². The van der Waals surface area contributed by atoms with Crippen molar-refractivity contribution in [3.8, 4) is 0 Å². The van der Waals surface area contributed by atoms with Gasteiger partial charge in [-0.05, 0) is 25.3 Å². The topological polar surface area (TPSA) is 68.9 Å². The van der Waals surface area contributed by atoms with Crippen LogP contribution in [0.3, 0.4) is 0 Å². The molecule has 0 aliphatic rings. The molecule has 0 fully saturated rings. The normalized spacial score (nSPS) is 9.29. The largest absolute Gasteiger partial charge is 0.372 e. The molecule has 0 unspecified atom stereocenters. The number of fused-ring (bicyclic) bond motifs is 1. The van der Waals surface area contributed by atoms with Gasteiger partial charge in [0.1, 0.15) is 5.82 Å². The molecule has 4 nitrogen and oxygen atoms in total. The first-order valence-electron chi connectivity index (χ1n) is 4.03. The van der Waals surface area contributed by atoms with Gasteiger partial charge in [0.2, 0.25) is 6.41 Å². The molecule has 0 aliphatic heterocycles. The first-order chi connectivity index (χ1) is 6.69. The Bertz CT molecular complexity index is 439. The van der Waals surface area contributed by atoms with E-state index in [4.69, 9.17) is 4.79 Å². The number of primary amides is 1. The van der Waals surface area contributed by atoms with Gasteiger partial charge in [0, 0.05) is 0 Å². The Balaban J connectivity index is 0.000000293. The number of hydrogen-bond acceptors (Lipinski definition) is 4. The third-order valence-corrected chi connectivity index (χ3v) is 2.60. The number of hydrogen-bond donors (Lipinski definition) is 1. The Morgan fingerprint density at radius 3 is 2.71 bits per heavy atom. The predicted molar refractivity (Wildman–Crippen MR) is 57.1 cm³/mol. The Hall–Kier alpha value is -1.49. The van der Waals surface area contributed by atoms with Gasteiger partial charge in [0.25, 0.3) is 0 Å². The first-order valence-corrected chi connectivity index (χ1v) is 4.90. The van der Waals surface area contributed by atoms with E-state index < -0.39 is 0 Å². The molecular formula is C9H11N3OS. The van der Waals surface area contributed by atoms with Crippen molar-refractivity contribution in [1.29, 1.82) is 0 Å². The summed E-state index contributed by atoms with van der Waals surface area (Å²) in [7, 11) is 0. The van der Waals surface area contributed by atoms with Crippen molar-refractivity contribution >= 4 is 28.0 Å². The summed E-state index contributed by atoms with van der Waals surface area (Å²) in [4.78, 5) is 17.2. The van der Waals surface area contributed by atoms with Gasteiger partial charge in [-0.3, -0.25) is 4.79 Å². The van der Waals surface area contributed by atoms with Crippen LogP contribution in [0.4, 0.5) is 0 Å². The fraction of sp³-hybridized carbons (Fsp3) is 0.222. The van der Waals surface area contributed by atoms with Crippen molar-refractivity contribution in [1.82, 2.24) is 9.97 Å². The number of nitrogens with zero attached hydrogens (tertiary/aromatic N) is 2. The lowest BCUT2D eigenvalue weighted by Crippen LogP contribution is -1.89. The quantitative estimate of drug-likeness (QED) is 0.667. The summed E-state index contributed by atoms with van der Waals surface area (Å²) in [6, 6.07) is 2.03. The van der Waals surface area contributed by atoms with Crippen LogP contribution in [0.15, 0.2) is 11.4 Å². The highest BCUT2D eigenvalue weighted by Gasteiger charge is 2.01. The van der Waals surface area contributed by atoms with Gasteiger partial charge in [0.05, 0.1) is 15.9 Å². The third-order valence-electron chi connectivity index (χ3n) is 1.58. The van der Waals surface area contributed by atoms with Crippen LogP contribution in [0, 0.1) is 13.8 Å². The molecule has 0 spiro atoms. The van der Waals surface area contributed by atoms with Gasteiger partial charge in [-0.2, -0.15) is 0 Å². The van der Waals surface area contributed by atoms with E-state index in [-0.39, 0.29) is 6.41 Å². The molecule has 2 aromatic rings. The summed E-state index contributed by atoms with van der Waals surface area (Å²) < 4.78 is 1.20. The highest BCUT2D eigenvalue weighted by atomic mass is 32.1. The summed E-state index contributed by atoms with van der Waals surface area (Å²) in [5, 5.41) is 2.05. The number of amides is 1. The molecule has 0 radical (unpaired) electrons. The van der Waals surface area contributed by atoms with Crippen molar-refractivity contribution in [2.45, 2.75) is 13.8 Å². The van der Waals surface area contributed by atoms with Gasteiger partial charge in [-0.25, -0.2) is 9.97 Å². The fourth-order valence-electron chi connectivity index (χ4n) is 1.15. The second-order valence-electron chi connectivity index (χ2n) is 2.63. The van der Waals surface area contributed by atoms with Crippen molar-refractivity contribution in [2.24, 2.45) is 5.73 Å². The van der Waals surface area contributed by atoms with Crippen molar-refractivity contribution < 1.29 is 4.79 Å². The Morgan fingerprint density at radius 2 is 2.07 bits per heavy atom. The van der Waals surface area contributed by atoms with Crippen LogP contribution < -0.4 is 5.73 Å². The maximum absolute atomic E-state index is 8.58. The maximum Gasteiger partial charge on any atom is 0.204 e. The molecule has 2 heterocycles. The number of aryl methyl sites for hydroxylation is 2. The van der Waals surface area contributed by atoms with E-state index >= 15 is 0 Å². The predicted octanol–water partition coefficient (Wildman–Crippen LogP) is 1.41. The Kier molecular flexibility index (Phi) is 3.53. The minimum atomic E-state index is 0.250. The van der Waals surface area contributed by atoms with Gasteiger partial charge in [-0.15, -0.1) is 11.3 Å². The zero-order valence-electron chi connectivity index (χ0n) is 8.02. The lowest BCUT2D eigenvalue weighted by molar-refractivity contribution is -0.106. The van der Waals surface area contributed by atoms with Crippen molar-refractivity contribution in [3.63, 3.8) is 0 Å². The highest BCUT2D eigenvalue weighted by Crippen LogP contribution is 2.20. The van der Waals surface area contributed by atoms with Gasteiger partial charge < -0.3 is 5.73 Å². The second kappa shape index (κ2) is 4.66. The molecule has 0 aromatic carbocycles. The second-order valence-corrected chi connectivity index (χ2v) is 3.54. The van der Waals surface area contributed by atoms with E-state index in [2.05, 4.69) is 15.7 Å². The SMILES string of the molecule is Cc1nc(C)c2sccc2n1.NC=O. The monoisotopic (exact) mass is 209 g/mol. The van der Waals surface area contributed by atoms with Crippen LogP contribution in [-0.2, 0) is 4.79 Å². The average molecular weight is 209 g/mol. The number of rotatable bonds is 0. The zero-order valence-corrected chi connectivity index (χ0v) is 8.84. The van der Waals surface area contributed by atoms with E-state index in [0.29, 0.717) is 0 Å². The lowest BCUT2D eigenvalue weighted by atomic mass is 10.4. The number of thiophene rings is 1. The Labute approximate surface area is 85.8 Å². The van der Waals surface area contributed by atoms with Crippen LogP contribution in [-0.4, -0.2) is 16.4 Å². The molecular weight excluding hydrogens is 198 g/mol.